The molecule has 17 heavy (non-hydrogen) atoms. The van der Waals surface area contributed by atoms with Crippen molar-refractivity contribution in [3.8, 4) is 0 Å². The summed E-state index contributed by atoms with van der Waals surface area (Å²) in [6.45, 7) is 2.03. The Kier molecular flexibility index (Phi) is 4.96. The summed E-state index contributed by atoms with van der Waals surface area (Å²) in [6.07, 6.45) is -3.92. The second-order valence-electron chi connectivity index (χ2n) is 4.06. The summed E-state index contributed by atoms with van der Waals surface area (Å²) in [5.74, 6) is 5.13. The summed E-state index contributed by atoms with van der Waals surface area (Å²) in [6, 6.07) is 6.77. The summed E-state index contributed by atoms with van der Waals surface area (Å²) in [7, 11) is 0. The topological polar surface area (TPSA) is 38.0 Å². The fourth-order valence-corrected chi connectivity index (χ4v) is 1.66. The van der Waals surface area contributed by atoms with Gasteiger partial charge in [-0.25, -0.2) is 0 Å². The van der Waals surface area contributed by atoms with E-state index in [4.69, 9.17) is 5.84 Å². The van der Waals surface area contributed by atoms with Crippen LogP contribution in [0.1, 0.15) is 24.5 Å². The smallest absolute Gasteiger partial charge is 0.271 e. The Morgan fingerprint density at radius 1 is 1.18 bits per heavy atom. The van der Waals surface area contributed by atoms with E-state index in [2.05, 4.69) is 5.43 Å². The number of hydrogen-bond donors (Lipinski definition) is 2. The van der Waals surface area contributed by atoms with E-state index in [1.54, 1.807) is 0 Å². The first-order valence-corrected chi connectivity index (χ1v) is 5.55. The van der Waals surface area contributed by atoms with Crippen LogP contribution >= 0.6 is 0 Å². The van der Waals surface area contributed by atoms with Crippen LogP contribution in [0.3, 0.4) is 0 Å². The van der Waals surface area contributed by atoms with Crippen LogP contribution in [0, 0.1) is 0 Å². The van der Waals surface area contributed by atoms with E-state index in [0.717, 1.165) is 12.0 Å². The van der Waals surface area contributed by atoms with E-state index in [1.807, 2.05) is 31.2 Å². The monoisotopic (exact) mass is 246 g/mol. The van der Waals surface area contributed by atoms with Crippen LogP contribution < -0.4 is 11.3 Å². The molecule has 1 atom stereocenters. The molecule has 0 saturated carbocycles. The largest absolute Gasteiger partial charge is 0.390 e. The molecular weight excluding hydrogens is 229 g/mol. The van der Waals surface area contributed by atoms with Gasteiger partial charge >= 0.3 is 6.18 Å². The zero-order chi connectivity index (χ0) is 12.9. The number of hydrogen-bond acceptors (Lipinski definition) is 2. The van der Waals surface area contributed by atoms with Crippen LogP contribution in [0.2, 0.25) is 0 Å². The van der Waals surface area contributed by atoms with E-state index in [9.17, 15) is 13.2 Å². The SMILES string of the molecule is CCc1ccc(CC(CC(F)(F)F)NN)cc1. The minimum atomic E-state index is -4.19. The molecule has 1 rings (SSSR count). The molecule has 0 spiro atoms. The van der Waals surface area contributed by atoms with Crippen molar-refractivity contribution in [2.75, 3.05) is 0 Å². The van der Waals surface area contributed by atoms with Crippen LogP contribution in [0.5, 0.6) is 0 Å². The quantitative estimate of drug-likeness (QED) is 0.619. The van der Waals surface area contributed by atoms with Crippen molar-refractivity contribution in [3.05, 3.63) is 35.4 Å². The van der Waals surface area contributed by atoms with E-state index in [1.165, 1.54) is 5.56 Å². The van der Waals surface area contributed by atoms with Gasteiger partial charge in [0, 0.05) is 6.04 Å². The fraction of sp³-hybridized carbons (Fsp3) is 0.500. The van der Waals surface area contributed by atoms with Crippen molar-refractivity contribution < 1.29 is 13.2 Å². The third-order valence-corrected chi connectivity index (χ3v) is 2.63. The van der Waals surface area contributed by atoms with E-state index in [-0.39, 0.29) is 6.42 Å². The molecular formula is C12H17F3N2. The van der Waals surface area contributed by atoms with Gasteiger partial charge < -0.3 is 0 Å². The molecule has 5 heteroatoms. The Morgan fingerprint density at radius 3 is 2.12 bits per heavy atom. The number of nitrogens with one attached hydrogen (secondary N) is 1. The molecule has 1 unspecified atom stereocenters. The van der Waals surface area contributed by atoms with Gasteiger partial charge in [0.2, 0.25) is 0 Å². The number of halogens is 3. The number of alkyl halides is 3. The van der Waals surface area contributed by atoms with Gasteiger partial charge in [-0.1, -0.05) is 31.2 Å². The molecule has 0 aliphatic heterocycles. The first-order chi connectivity index (χ1) is 7.94. The maximum absolute atomic E-state index is 12.2. The van der Waals surface area contributed by atoms with Gasteiger partial charge in [0.1, 0.15) is 0 Å². The standard InChI is InChI=1S/C12H17F3N2/c1-2-9-3-5-10(6-4-9)7-11(17-16)8-12(13,14)15/h3-6,11,17H,2,7-8,16H2,1H3. The lowest BCUT2D eigenvalue weighted by molar-refractivity contribution is -0.140. The summed E-state index contributed by atoms with van der Waals surface area (Å²) in [4.78, 5) is 0. The minimum Gasteiger partial charge on any atom is -0.271 e. The lowest BCUT2D eigenvalue weighted by Gasteiger charge is -2.17. The Labute approximate surface area is 99.0 Å². The molecule has 96 valence electrons. The van der Waals surface area contributed by atoms with Gasteiger partial charge in [0.25, 0.3) is 0 Å². The van der Waals surface area contributed by atoms with Gasteiger partial charge in [-0.3, -0.25) is 11.3 Å². The molecule has 0 heterocycles. The van der Waals surface area contributed by atoms with Crippen LogP contribution in [0.4, 0.5) is 13.2 Å². The first-order valence-electron chi connectivity index (χ1n) is 5.55. The van der Waals surface area contributed by atoms with Crippen LogP contribution in [-0.4, -0.2) is 12.2 Å². The summed E-state index contributed by atoms with van der Waals surface area (Å²) < 4.78 is 36.7. The molecule has 0 bridgehead atoms. The van der Waals surface area contributed by atoms with Gasteiger partial charge in [-0.2, -0.15) is 13.2 Å². The molecule has 3 N–H and O–H groups in total. The Hall–Kier alpha value is -1.07. The molecule has 0 aliphatic rings. The molecule has 0 radical (unpaired) electrons. The van der Waals surface area contributed by atoms with E-state index in [0.29, 0.717) is 0 Å². The molecule has 1 aromatic carbocycles. The third-order valence-electron chi connectivity index (χ3n) is 2.63. The highest BCUT2D eigenvalue weighted by molar-refractivity contribution is 5.23. The van der Waals surface area contributed by atoms with E-state index < -0.39 is 18.6 Å². The third kappa shape index (κ3) is 5.19. The average molecular weight is 246 g/mol. The van der Waals surface area contributed by atoms with Crippen molar-refractivity contribution in [2.45, 2.75) is 38.4 Å². The van der Waals surface area contributed by atoms with Crippen molar-refractivity contribution in [2.24, 2.45) is 5.84 Å². The van der Waals surface area contributed by atoms with Gasteiger partial charge in [-0.15, -0.1) is 0 Å². The molecule has 2 nitrogen and oxygen atoms in total. The average Bonchev–Trinajstić information content (AvgIpc) is 2.27. The first kappa shape index (κ1) is 14.0. The Bertz CT molecular complexity index is 333. The molecule has 0 fully saturated rings. The number of benzene rings is 1. The van der Waals surface area contributed by atoms with Crippen LogP contribution in [0.25, 0.3) is 0 Å². The normalized spacial score (nSPS) is 13.7. The maximum Gasteiger partial charge on any atom is 0.390 e. The van der Waals surface area contributed by atoms with Crippen molar-refractivity contribution in [1.29, 1.82) is 0 Å². The minimum absolute atomic E-state index is 0.278. The predicted octanol–water partition coefficient (Wildman–Crippen LogP) is 2.58. The summed E-state index contributed by atoms with van der Waals surface area (Å²) in [5, 5.41) is 0. The highest BCUT2D eigenvalue weighted by Gasteiger charge is 2.31. The summed E-state index contributed by atoms with van der Waals surface area (Å²) >= 11 is 0. The van der Waals surface area contributed by atoms with E-state index >= 15 is 0 Å². The molecule has 0 amide bonds. The van der Waals surface area contributed by atoms with Gasteiger partial charge in [0.05, 0.1) is 6.42 Å². The predicted molar refractivity (Wildman–Crippen MR) is 61.3 cm³/mol. The lowest BCUT2D eigenvalue weighted by Crippen LogP contribution is -2.40. The number of rotatable bonds is 5. The van der Waals surface area contributed by atoms with Gasteiger partial charge in [0.15, 0.2) is 0 Å². The molecule has 0 aliphatic carbocycles. The zero-order valence-corrected chi connectivity index (χ0v) is 9.72. The van der Waals surface area contributed by atoms with Gasteiger partial charge in [-0.05, 0) is 24.0 Å². The van der Waals surface area contributed by atoms with Crippen molar-refractivity contribution >= 4 is 0 Å². The highest BCUT2D eigenvalue weighted by Crippen LogP contribution is 2.23. The second-order valence-corrected chi connectivity index (χ2v) is 4.06. The van der Waals surface area contributed by atoms with Crippen molar-refractivity contribution in [1.82, 2.24) is 5.43 Å². The number of nitrogens with two attached hydrogens (primary N) is 1. The number of aryl methyl sites for hydroxylation is 1. The highest BCUT2D eigenvalue weighted by atomic mass is 19.4. The zero-order valence-electron chi connectivity index (χ0n) is 9.72. The molecule has 1 aromatic rings. The second kappa shape index (κ2) is 6.02. The Morgan fingerprint density at radius 2 is 1.71 bits per heavy atom. The molecule has 0 aromatic heterocycles. The van der Waals surface area contributed by atoms with Crippen LogP contribution in [0.15, 0.2) is 24.3 Å². The summed E-state index contributed by atoms with van der Waals surface area (Å²) in [5.41, 5.74) is 4.24. The molecule has 0 saturated heterocycles. The fourth-order valence-electron chi connectivity index (χ4n) is 1.66. The van der Waals surface area contributed by atoms with Crippen LogP contribution in [-0.2, 0) is 12.8 Å². The van der Waals surface area contributed by atoms with Crippen molar-refractivity contribution in [3.63, 3.8) is 0 Å². The maximum atomic E-state index is 12.2. The number of hydrazine groups is 1. The Balaban J connectivity index is 2.61. The lowest BCUT2D eigenvalue weighted by atomic mass is 10.0.